The maximum atomic E-state index is 11.3. The lowest BCUT2D eigenvalue weighted by Crippen LogP contribution is -1.88. The zero-order valence-electron chi connectivity index (χ0n) is 8.02. The Kier molecular flexibility index (Phi) is 2.79. The number of carbonyl (C=O) groups is 2. The van der Waals surface area contributed by atoms with Crippen molar-refractivity contribution in [1.29, 1.82) is 0 Å². The van der Waals surface area contributed by atoms with Crippen molar-refractivity contribution in [3.8, 4) is 11.1 Å². The third kappa shape index (κ3) is 1.91. The number of aldehydes is 1. The molecule has 0 atom stereocenters. The number of rotatable bonds is 3. The van der Waals surface area contributed by atoms with Gasteiger partial charge in [-0.1, -0.05) is 0 Å². The number of thiophene rings is 2. The van der Waals surface area contributed by atoms with Crippen LogP contribution in [0.2, 0.25) is 0 Å². The lowest BCUT2D eigenvalue weighted by molar-refractivity contribution is 0.102. The molecule has 0 unspecified atom stereocenters. The molecular weight excluding hydrogens is 228 g/mol. The quantitative estimate of drug-likeness (QED) is 0.604. The Balaban J connectivity index is 2.48. The minimum absolute atomic E-state index is 0.0684. The molecule has 0 saturated heterocycles. The van der Waals surface area contributed by atoms with E-state index in [4.69, 9.17) is 0 Å². The number of hydrogen-bond donors (Lipinski definition) is 0. The first-order valence-electron chi connectivity index (χ1n) is 4.35. The summed E-state index contributed by atoms with van der Waals surface area (Å²) < 4.78 is 0. The smallest absolute Gasteiger partial charge is 0.170 e. The Morgan fingerprint density at radius 3 is 2.80 bits per heavy atom. The van der Waals surface area contributed by atoms with E-state index in [-0.39, 0.29) is 5.78 Å². The summed E-state index contributed by atoms with van der Waals surface area (Å²) in [6.07, 6.45) is 0.827. The highest BCUT2D eigenvalue weighted by Crippen LogP contribution is 2.31. The zero-order chi connectivity index (χ0) is 10.8. The molecule has 0 aromatic carbocycles. The van der Waals surface area contributed by atoms with Crippen molar-refractivity contribution in [3.63, 3.8) is 0 Å². The van der Waals surface area contributed by atoms with Crippen LogP contribution in [0.5, 0.6) is 0 Å². The van der Waals surface area contributed by atoms with Crippen LogP contribution in [0.15, 0.2) is 22.9 Å². The predicted molar refractivity (Wildman–Crippen MR) is 63.0 cm³/mol. The van der Waals surface area contributed by atoms with Crippen molar-refractivity contribution in [1.82, 2.24) is 0 Å². The van der Waals surface area contributed by atoms with Gasteiger partial charge in [0.25, 0.3) is 0 Å². The first kappa shape index (κ1) is 10.3. The maximum Gasteiger partial charge on any atom is 0.170 e. The number of ketones is 1. The fourth-order valence-electron chi connectivity index (χ4n) is 1.37. The van der Waals surface area contributed by atoms with E-state index in [1.54, 1.807) is 6.92 Å². The molecule has 0 fully saturated rings. The van der Waals surface area contributed by atoms with E-state index >= 15 is 0 Å². The predicted octanol–water partition coefficient (Wildman–Crippen LogP) is 3.49. The van der Waals surface area contributed by atoms with Crippen molar-refractivity contribution < 1.29 is 9.59 Å². The minimum atomic E-state index is 0.0684. The lowest BCUT2D eigenvalue weighted by atomic mass is 10.1. The molecule has 0 bridgehead atoms. The summed E-state index contributed by atoms with van der Waals surface area (Å²) >= 11 is 2.83. The van der Waals surface area contributed by atoms with Crippen LogP contribution in [0.4, 0.5) is 0 Å². The summed E-state index contributed by atoms with van der Waals surface area (Å²) in [6.45, 7) is 1.56. The van der Waals surface area contributed by atoms with Crippen molar-refractivity contribution >= 4 is 34.7 Å². The SMILES string of the molecule is CC(=O)c1sccc1-c1csc(C=O)c1. The van der Waals surface area contributed by atoms with Gasteiger partial charge in [-0.25, -0.2) is 0 Å². The molecule has 4 heteroatoms. The second-order valence-corrected chi connectivity index (χ2v) is 4.93. The molecule has 2 nitrogen and oxygen atoms in total. The van der Waals surface area contributed by atoms with E-state index in [0.29, 0.717) is 4.88 Å². The second-order valence-electron chi connectivity index (χ2n) is 3.08. The van der Waals surface area contributed by atoms with Gasteiger partial charge in [-0.3, -0.25) is 9.59 Å². The number of Topliss-reactive ketones (excluding diaryl/α,β-unsaturated/α-hetero) is 1. The first-order valence-corrected chi connectivity index (χ1v) is 6.11. The minimum Gasteiger partial charge on any atom is -0.297 e. The standard InChI is InChI=1S/C11H8O2S2/c1-7(13)11-10(2-3-14-11)8-4-9(5-12)15-6-8/h2-6H,1H3. The summed E-state index contributed by atoms with van der Waals surface area (Å²) in [5.74, 6) is 0.0684. The van der Waals surface area contributed by atoms with Crippen LogP contribution in [0.25, 0.3) is 11.1 Å². The van der Waals surface area contributed by atoms with E-state index < -0.39 is 0 Å². The van der Waals surface area contributed by atoms with E-state index in [2.05, 4.69) is 0 Å². The van der Waals surface area contributed by atoms with Gasteiger partial charge in [0.05, 0.1) is 9.75 Å². The molecular formula is C11H8O2S2. The van der Waals surface area contributed by atoms with Gasteiger partial charge in [0.2, 0.25) is 0 Å². The summed E-state index contributed by atoms with van der Waals surface area (Å²) in [4.78, 5) is 23.3. The van der Waals surface area contributed by atoms with Gasteiger partial charge in [-0.2, -0.15) is 0 Å². The Morgan fingerprint density at radius 1 is 1.40 bits per heavy atom. The van der Waals surface area contributed by atoms with Gasteiger partial charge in [0, 0.05) is 5.56 Å². The second kappa shape index (κ2) is 4.08. The largest absolute Gasteiger partial charge is 0.297 e. The molecule has 0 aliphatic rings. The molecule has 76 valence electrons. The molecule has 0 spiro atoms. The third-order valence-electron chi connectivity index (χ3n) is 2.03. The van der Waals surface area contributed by atoms with Crippen LogP contribution < -0.4 is 0 Å². The Bertz CT molecular complexity index is 508. The summed E-state index contributed by atoms with van der Waals surface area (Å²) in [5.41, 5.74) is 1.88. The van der Waals surface area contributed by atoms with Crippen LogP contribution in [-0.2, 0) is 0 Å². The molecule has 0 N–H and O–H groups in total. The molecule has 2 aromatic heterocycles. The normalized spacial score (nSPS) is 10.2. The van der Waals surface area contributed by atoms with E-state index in [9.17, 15) is 9.59 Å². The maximum absolute atomic E-state index is 11.3. The molecule has 15 heavy (non-hydrogen) atoms. The fraction of sp³-hybridized carbons (Fsp3) is 0.0909. The molecule has 0 radical (unpaired) electrons. The monoisotopic (exact) mass is 236 g/mol. The third-order valence-corrected chi connectivity index (χ3v) is 3.91. The van der Waals surface area contributed by atoms with Gasteiger partial charge in [0.1, 0.15) is 0 Å². The molecule has 0 saturated carbocycles. The van der Waals surface area contributed by atoms with E-state index in [1.165, 1.54) is 22.7 Å². The molecule has 0 aliphatic carbocycles. The molecule has 2 heterocycles. The molecule has 0 aliphatic heterocycles. The highest BCUT2D eigenvalue weighted by Gasteiger charge is 2.11. The van der Waals surface area contributed by atoms with Gasteiger partial charge in [-0.05, 0) is 35.4 Å². The van der Waals surface area contributed by atoms with Crippen molar-refractivity contribution in [2.45, 2.75) is 6.92 Å². The van der Waals surface area contributed by atoms with E-state index in [1.807, 2.05) is 22.9 Å². The van der Waals surface area contributed by atoms with Crippen LogP contribution in [0.3, 0.4) is 0 Å². The molecule has 2 rings (SSSR count). The first-order chi connectivity index (χ1) is 7.22. The lowest BCUT2D eigenvalue weighted by Gasteiger charge is -1.95. The topological polar surface area (TPSA) is 34.1 Å². The summed E-state index contributed by atoms with van der Waals surface area (Å²) in [6, 6.07) is 3.73. The zero-order valence-corrected chi connectivity index (χ0v) is 9.65. The van der Waals surface area contributed by atoms with Crippen LogP contribution in [-0.4, -0.2) is 12.1 Å². The number of carbonyl (C=O) groups excluding carboxylic acids is 2. The average Bonchev–Trinajstić information content (AvgIpc) is 2.85. The number of hydrogen-bond acceptors (Lipinski definition) is 4. The highest BCUT2D eigenvalue weighted by atomic mass is 32.1. The van der Waals surface area contributed by atoms with Crippen molar-refractivity contribution in [2.75, 3.05) is 0 Å². The van der Waals surface area contributed by atoms with Gasteiger partial charge >= 0.3 is 0 Å². The summed E-state index contributed by atoms with van der Waals surface area (Å²) in [7, 11) is 0. The summed E-state index contributed by atoms with van der Waals surface area (Å²) in [5, 5.41) is 3.79. The van der Waals surface area contributed by atoms with Crippen LogP contribution >= 0.6 is 22.7 Å². The fourth-order valence-corrected chi connectivity index (χ4v) is 2.89. The van der Waals surface area contributed by atoms with E-state index in [0.717, 1.165) is 22.3 Å². The molecule has 0 amide bonds. The Hall–Kier alpha value is -1.26. The van der Waals surface area contributed by atoms with Gasteiger partial charge in [0.15, 0.2) is 12.1 Å². The van der Waals surface area contributed by atoms with Crippen molar-refractivity contribution in [3.05, 3.63) is 32.6 Å². The van der Waals surface area contributed by atoms with Gasteiger partial charge in [-0.15, -0.1) is 22.7 Å². The highest BCUT2D eigenvalue weighted by molar-refractivity contribution is 7.13. The van der Waals surface area contributed by atoms with Gasteiger partial charge < -0.3 is 0 Å². The Morgan fingerprint density at radius 2 is 2.20 bits per heavy atom. The van der Waals surface area contributed by atoms with Crippen molar-refractivity contribution in [2.24, 2.45) is 0 Å². The van der Waals surface area contributed by atoms with Crippen LogP contribution in [0, 0.1) is 0 Å². The average molecular weight is 236 g/mol. The molecule has 2 aromatic rings. The Labute approximate surface area is 95.2 Å². The van der Waals surface area contributed by atoms with Crippen LogP contribution in [0.1, 0.15) is 26.3 Å².